The maximum Gasteiger partial charge on any atom is 0.253 e. The summed E-state index contributed by atoms with van der Waals surface area (Å²) in [7, 11) is 0. The van der Waals surface area contributed by atoms with Crippen LogP contribution >= 0.6 is 0 Å². The predicted octanol–water partition coefficient (Wildman–Crippen LogP) is 1.40. The van der Waals surface area contributed by atoms with Crippen LogP contribution in [0.25, 0.3) is 10.9 Å². The first-order valence-corrected chi connectivity index (χ1v) is 5.86. The number of fused-ring (bicyclic) bond motifs is 1. The molecule has 0 aliphatic carbocycles. The zero-order valence-corrected chi connectivity index (χ0v) is 10.1. The van der Waals surface area contributed by atoms with Crippen LogP contribution in [-0.2, 0) is 6.54 Å². The minimum atomic E-state index is -0.141. The Hall–Kier alpha value is -2.76. The summed E-state index contributed by atoms with van der Waals surface area (Å²) in [5, 5.41) is 10.2. The molecule has 3 rings (SSSR count). The molecule has 0 aliphatic heterocycles. The summed E-state index contributed by atoms with van der Waals surface area (Å²) >= 11 is 0. The molecule has 1 aromatic carbocycles. The molecule has 0 radical (unpaired) electrons. The summed E-state index contributed by atoms with van der Waals surface area (Å²) in [6.45, 7) is 0.435. The minimum Gasteiger partial charge on any atom is -0.399 e. The second kappa shape index (κ2) is 4.49. The molecular weight excluding hydrogens is 242 g/mol. The van der Waals surface area contributed by atoms with Gasteiger partial charge in [0.2, 0.25) is 0 Å². The number of amides is 1. The number of nitrogens with one attached hydrogen (secondary N) is 3. The van der Waals surface area contributed by atoms with E-state index in [1.165, 1.54) is 0 Å². The number of anilines is 1. The van der Waals surface area contributed by atoms with Crippen molar-refractivity contribution in [3.63, 3.8) is 0 Å². The number of rotatable bonds is 3. The molecule has 0 spiro atoms. The van der Waals surface area contributed by atoms with E-state index in [9.17, 15) is 4.79 Å². The fourth-order valence-electron chi connectivity index (χ4n) is 1.98. The SMILES string of the molecule is Nc1ccc2[nH]cc(C(=O)NCc3cn[nH]c3)c2c1. The number of aromatic amines is 2. The predicted molar refractivity (Wildman–Crippen MR) is 72.5 cm³/mol. The summed E-state index contributed by atoms with van der Waals surface area (Å²) < 4.78 is 0. The van der Waals surface area contributed by atoms with Gasteiger partial charge in [-0.2, -0.15) is 5.10 Å². The highest BCUT2D eigenvalue weighted by Gasteiger charge is 2.11. The van der Waals surface area contributed by atoms with Crippen LogP contribution in [0.4, 0.5) is 5.69 Å². The highest BCUT2D eigenvalue weighted by Crippen LogP contribution is 2.20. The van der Waals surface area contributed by atoms with Crippen LogP contribution in [0, 0.1) is 0 Å². The second-order valence-electron chi connectivity index (χ2n) is 4.30. The molecule has 0 fully saturated rings. The molecule has 2 aromatic heterocycles. The highest BCUT2D eigenvalue weighted by atomic mass is 16.1. The Morgan fingerprint density at radius 2 is 2.26 bits per heavy atom. The normalized spacial score (nSPS) is 10.7. The van der Waals surface area contributed by atoms with Gasteiger partial charge in [-0.15, -0.1) is 0 Å². The van der Waals surface area contributed by atoms with E-state index in [0.29, 0.717) is 17.8 Å². The number of aromatic nitrogens is 3. The summed E-state index contributed by atoms with van der Waals surface area (Å²) in [5.74, 6) is -0.141. The molecule has 5 N–H and O–H groups in total. The van der Waals surface area contributed by atoms with Crippen LogP contribution in [0.15, 0.2) is 36.8 Å². The lowest BCUT2D eigenvalue weighted by molar-refractivity contribution is 0.0952. The van der Waals surface area contributed by atoms with Gasteiger partial charge >= 0.3 is 0 Å². The van der Waals surface area contributed by atoms with Crippen LogP contribution in [-0.4, -0.2) is 21.1 Å². The molecule has 2 heterocycles. The van der Waals surface area contributed by atoms with Gasteiger partial charge in [0.1, 0.15) is 0 Å². The van der Waals surface area contributed by atoms with Gasteiger partial charge in [-0.3, -0.25) is 9.89 Å². The quantitative estimate of drug-likeness (QED) is 0.532. The monoisotopic (exact) mass is 255 g/mol. The van der Waals surface area contributed by atoms with E-state index in [-0.39, 0.29) is 5.91 Å². The van der Waals surface area contributed by atoms with Crippen LogP contribution in [0.2, 0.25) is 0 Å². The van der Waals surface area contributed by atoms with Crippen molar-refractivity contribution in [1.29, 1.82) is 0 Å². The first-order chi connectivity index (χ1) is 9.24. The summed E-state index contributed by atoms with van der Waals surface area (Å²) in [6, 6.07) is 5.45. The maximum atomic E-state index is 12.1. The first-order valence-electron chi connectivity index (χ1n) is 5.86. The Labute approximate surface area is 109 Å². The largest absolute Gasteiger partial charge is 0.399 e. The van der Waals surface area contributed by atoms with E-state index in [4.69, 9.17) is 5.73 Å². The van der Waals surface area contributed by atoms with Gasteiger partial charge in [-0.05, 0) is 18.2 Å². The Morgan fingerprint density at radius 1 is 1.37 bits per heavy atom. The van der Waals surface area contributed by atoms with E-state index in [0.717, 1.165) is 16.5 Å². The van der Waals surface area contributed by atoms with E-state index >= 15 is 0 Å². The number of carbonyl (C=O) groups is 1. The molecule has 0 atom stereocenters. The topological polar surface area (TPSA) is 99.6 Å². The third-order valence-corrected chi connectivity index (χ3v) is 2.96. The highest BCUT2D eigenvalue weighted by molar-refractivity contribution is 6.07. The lowest BCUT2D eigenvalue weighted by Gasteiger charge is -2.02. The van der Waals surface area contributed by atoms with Crippen molar-refractivity contribution >= 4 is 22.5 Å². The third kappa shape index (κ3) is 2.15. The Kier molecular flexibility index (Phi) is 2.68. The van der Waals surface area contributed by atoms with Gasteiger partial charge in [0, 0.05) is 41.1 Å². The fraction of sp³-hybridized carbons (Fsp3) is 0.0769. The Bertz CT molecular complexity index is 714. The second-order valence-corrected chi connectivity index (χ2v) is 4.30. The average molecular weight is 255 g/mol. The first kappa shape index (κ1) is 11.3. The molecule has 0 saturated heterocycles. The number of nitrogen functional groups attached to an aromatic ring is 1. The molecule has 0 aliphatic rings. The van der Waals surface area contributed by atoms with Crippen molar-refractivity contribution in [2.75, 3.05) is 5.73 Å². The van der Waals surface area contributed by atoms with E-state index < -0.39 is 0 Å². The molecule has 1 amide bonds. The van der Waals surface area contributed by atoms with Gasteiger partial charge in [-0.25, -0.2) is 0 Å². The van der Waals surface area contributed by atoms with E-state index in [2.05, 4.69) is 20.5 Å². The third-order valence-electron chi connectivity index (χ3n) is 2.96. The van der Waals surface area contributed by atoms with Crippen molar-refractivity contribution in [2.45, 2.75) is 6.54 Å². The number of carbonyl (C=O) groups excluding carboxylic acids is 1. The van der Waals surface area contributed by atoms with Crippen molar-refractivity contribution in [3.05, 3.63) is 47.9 Å². The molecule has 19 heavy (non-hydrogen) atoms. The molecule has 0 bridgehead atoms. The van der Waals surface area contributed by atoms with Crippen LogP contribution in [0.3, 0.4) is 0 Å². The van der Waals surface area contributed by atoms with Gasteiger partial charge < -0.3 is 16.0 Å². The number of benzene rings is 1. The van der Waals surface area contributed by atoms with Gasteiger partial charge in [0.25, 0.3) is 5.91 Å². The Morgan fingerprint density at radius 3 is 3.05 bits per heavy atom. The number of nitrogens with two attached hydrogens (primary N) is 1. The maximum absolute atomic E-state index is 12.1. The van der Waals surface area contributed by atoms with E-state index in [1.54, 1.807) is 30.7 Å². The number of nitrogens with zero attached hydrogens (tertiary/aromatic N) is 1. The molecule has 3 aromatic rings. The minimum absolute atomic E-state index is 0.141. The van der Waals surface area contributed by atoms with Crippen LogP contribution < -0.4 is 11.1 Å². The van der Waals surface area contributed by atoms with E-state index in [1.807, 2.05) is 6.07 Å². The van der Waals surface area contributed by atoms with Crippen molar-refractivity contribution < 1.29 is 4.79 Å². The van der Waals surface area contributed by atoms with Crippen LogP contribution in [0.1, 0.15) is 15.9 Å². The number of hydrogen-bond acceptors (Lipinski definition) is 3. The lowest BCUT2D eigenvalue weighted by Crippen LogP contribution is -2.22. The zero-order chi connectivity index (χ0) is 13.2. The number of H-pyrrole nitrogens is 2. The van der Waals surface area contributed by atoms with Crippen molar-refractivity contribution in [3.8, 4) is 0 Å². The van der Waals surface area contributed by atoms with Gasteiger partial charge in [0.15, 0.2) is 0 Å². The van der Waals surface area contributed by atoms with Gasteiger partial charge in [-0.1, -0.05) is 0 Å². The van der Waals surface area contributed by atoms with Crippen molar-refractivity contribution in [1.82, 2.24) is 20.5 Å². The molecule has 0 saturated carbocycles. The molecular formula is C13H13N5O. The Balaban J connectivity index is 1.83. The molecule has 6 nitrogen and oxygen atoms in total. The molecule has 96 valence electrons. The van der Waals surface area contributed by atoms with Gasteiger partial charge in [0.05, 0.1) is 11.8 Å². The summed E-state index contributed by atoms with van der Waals surface area (Å²) in [6.07, 6.45) is 5.11. The van der Waals surface area contributed by atoms with Crippen molar-refractivity contribution in [2.24, 2.45) is 0 Å². The summed E-state index contributed by atoms with van der Waals surface area (Å²) in [4.78, 5) is 15.2. The summed E-state index contributed by atoms with van der Waals surface area (Å²) in [5.41, 5.74) is 8.78. The molecule has 6 heteroatoms. The van der Waals surface area contributed by atoms with Crippen LogP contribution in [0.5, 0.6) is 0 Å². The average Bonchev–Trinajstić information content (AvgIpc) is 3.04. The molecule has 0 unspecified atom stereocenters. The fourth-order valence-corrected chi connectivity index (χ4v) is 1.98. The standard InChI is InChI=1S/C13H13N5O/c14-9-1-2-12-10(3-9)11(7-15-12)13(19)16-4-8-5-17-18-6-8/h1-3,5-7,15H,4,14H2,(H,16,19)(H,17,18). The smallest absolute Gasteiger partial charge is 0.253 e. The lowest BCUT2D eigenvalue weighted by atomic mass is 10.1. The zero-order valence-electron chi connectivity index (χ0n) is 10.1. The number of hydrogen-bond donors (Lipinski definition) is 4.